The number of para-hydroxylation sites is 1. The molecule has 0 bridgehead atoms. The largest absolute Gasteiger partial charge is 0.497 e. The maximum atomic E-state index is 13.0. The molecule has 0 saturated heterocycles. The van der Waals surface area contributed by atoms with Gasteiger partial charge in [-0.1, -0.05) is 39.8 Å². The zero-order chi connectivity index (χ0) is 20.7. The number of rotatable bonds is 3. The maximum absolute atomic E-state index is 13.0. The lowest BCUT2D eigenvalue weighted by Crippen LogP contribution is -2.60. The van der Waals surface area contributed by atoms with Crippen molar-refractivity contribution in [3.63, 3.8) is 0 Å². The molecule has 1 atom stereocenters. The smallest absolute Gasteiger partial charge is 0.325 e. The Morgan fingerprint density at radius 1 is 1.31 bits per heavy atom. The molecule has 7 nitrogen and oxygen atoms in total. The molecule has 2 heterocycles. The van der Waals surface area contributed by atoms with Crippen LogP contribution in [0.1, 0.15) is 18.7 Å². The fraction of sp³-hybridized carbons (Fsp3) is 0.200. The SMILES string of the molecule is COc1ccc(Br)c([C@H]2N(C(C)=O)c3ccccc3-c3c(=O)[nH]c(SC)n[n+]32)c1. The number of anilines is 1. The van der Waals surface area contributed by atoms with Gasteiger partial charge in [0, 0.05) is 16.5 Å². The molecule has 3 aromatic rings. The zero-order valence-corrected chi connectivity index (χ0v) is 18.4. The molecule has 1 aliphatic rings. The molecular formula is C20H18BrN4O3S+. The predicted molar refractivity (Wildman–Crippen MR) is 114 cm³/mol. The van der Waals surface area contributed by atoms with Crippen LogP contribution in [0.4, 0.5) is 5.69 Å². The number of benzene rings is 2. The van der Waals surface area contributed by atoms with E-state index < -0.39 is 6.17 Å². The first kappa shape index (κ1) is 19.7. The van der Waals surface area contributed by atoms with E-state index in [-0.39, 0.29) is 11.5 Å². The van der Waals surface area contributed by atoms with Crippen molar-refractivity contribution in [2.45, 2.75) is 18.2 Å². The number of ether oxygens (including phenoxy) is 1. The molecule has 1 aliphatic heterocycles. The summed E-state index contributed by atoms with van der Waals surface area (Å²) in [6, 6.07) is 12.9. The molecule has 0 unspecified atom stereocenters. The van der Waals surface area contributed by atoms with Crippen molar-refractivity contribution in [2.24, 2.45) is 0 Å². The van der Waals surface area contributed by atoms with Crippen LogP contribution in [-0.2, 0) is 4.79 Å². The van der Waals surface area contributed by atoms with E-state index >= 15 is 0 Å². The first-order valence-corrected chi connectivity index (χ1v) is 10.8. The number of fused-ring (bicyclic) bond motifs is 3. The van der Waals surface area contributed by atoms with Crippen molar-refractivity contribution in [1.82, 2.24) is 10.1 Å². The van der Waals surface area contributed by atoms with Crippen LogP contribution in [0.3, 0.4) is 0 Å². The van der Waals surface area contributed by atoms with E-state index in [4.69, 9.17) is 4.74 Å². The minimum Gasteiger partial charge on any atom is -0.497 e. The lowest BCUT2D eigenvalue weighted by molar-refractivity contribution is -0.763. The van der Waals surface area contributed by atoms with Gasteiger partial charge in [0.05, 0.1) is 23.9 Å². The number of carbonyl (C=O) groups is 1. The van der Waals surface area contributed by atoms with Gasteiger partial charge in [0.1, 0.15) is 5.75 Å². The van der Waals surface area contributed by atoms with E-state index in [1.807, 2.05) is 48.7 Å². The highest BCUT2D eigenvalue weighted by Gasteiger charge is 2.45. The summed E-state index contributed by atoms with van der Waals surface area (Å²) < 4.78 is 7.79. The summed E-state index contributed by atoms with van der Waals surface area (Å²) in [5.74, 6) is 0.478. The fourth-order valence-electron chi connectivity index (χ4n) is 3.53. The molecule has 29 heavy (non-hydrogen) atoms. The van der Waals surface area contributed by atoms with Gasteiger partial charge in [-0.15, -0.1) is 0 Å². The average molecular weight is 474 g/mol. The Bertz CT molecular complexity index is 1180. The Kier molecular flexibility index (Phi) is 5.18. The molecule has 0 spiro atoms. The number of amides is 1. The summed E-state index contributed by atoms with van der Waals surface area (Å²) in [4.78, 5) is 30.3. The van der Waals surface area contributed by atoms with Crippen LogP contribution in [0.15, 0.2) is 56.9 Å². The lowest BCUT2D eigenvalue weighted by atomic mass is 10.0. The molecule has 2 aromatic carbocycles. The molecule has 1 N–H and O–H groups in total. The molecule has 148 valence electrons. The Labute approximate surface area is 179 Å². The molecular weight excluding hydrogens is 456 g/mol. The Balaban J connectivity index is 2.11. The number of hydrogen-bond acceptors (Lipinski definition) is 5. The van der Waals surface area contributed by atoms with Crippen molar-refractivity contribution < 1.29 is 14.2 Å². The number of thioether (sulfide) groups is 1. The van der Waals surface area contributed by atoms with Crippen molar-refractivity contribution >= 4 is 39.3 Å². The maximum Gasteiger partial charge on any atom is 0.325 e. The molecule has 9 heteroatoms. The monoisotopic (exact) mass is 473 g/mol. The van der Waals surface area contributed by atoms with Crippen molar-refractivity contribution in [3.8, 4) is 17.0 Å². The average Bonchev–Trinajstić information content (AvgIpc) is 2.72. The van der Waals surface area contributed by atoms with E-state index in [9.17, 15) is 9.59 Å². The number of nitrogens with one attached hydrogen (secondary N) is 1. The van der Waals surface area contributed by atoms with E-state index in [1.54, 1.807) is 16.7 Å². The van der Waals surface area contributed by atoms with Crippen molar-refractivity contribution in [3.05, 3.63) is 62.9 Å². The van der Waals surface area contributed by atoms with Crippen molar-refractivity contribution in [2.75, 3.05) is 18.3 Å². The van der Waals surface area contributed by atoms with Gasteiger partial charge in [-0.25, -0.2) is 4.90 Å². The quantitative estimate of drug-likeness (QED) is 0.466. The topological polar surface area (TPSA) is 79.2 Å². The highest BCUT2D eigenvalue weighted by atomic mass is 79.9. The summed E-state index contributed by atoms with van der Waals surface area (Å²) in [6.07, 6.45) is 1.18. The van der Waals surface area contributed by atoms with E-state index in [0.29, 0.717) is 27.9 Å². The molecule has 0 radical (unpaired) electrons. The normalized spacial score (nSPS) is 14.9. The van der Waals surface area contributed by atoms with Gasteiger partial charge in [0.15, 0.2) is 0 Å². The highest BCUT2D eigenvalue weighted by molar-refractivity contribution is 9.10. The number of nitrogens with zero attached hydrogens (tertiary/aromatic N) is 3. The first-order valence-electron chi connectivity index (χ1n) is 8.79. The second-order valence-corrected chi connectivity index (χ2v) is 8.07. The van der Waals surface area contributed by atoms with Crippen LogP contribution in [-0.4, -0.2) is 29.4 Å². The van der Waals surface area contributed by atoms with Crippen LogP contribution in [0.25, 0.3) is 11.3 Å². The van der Waals surface area contributed by atoms with E-state index in [0.717, 1.165) is 10.0 Å². The molecule has 0 saturated carbocycles. The summed E-state index contributed by atoms with van der Waals surface area (Å²) in [5.41, 5.74) is 2.20. The number of H-pyrrole nitrogens is 1. The fourth-order valence-corrected chi connectivity index (χ4v) is 4.35. The Hall–Kier alpha value is -2.65. The van der Waals surface area contributed by atoms with E-state index in [2.05, 4.69) is 26.0 Å². The third kappa shape index (κ3) is 3.24. The third-order valence-electron chi connectivity index (χ3n) is 4.77. The molecule has 0 aliphatic carbocycles. The van der Waals surface area contributed by atoms with Crippen LogP contribution < -0.4 is 19.9 Å². The summed E-state index contributed by atoms with van der Waals surface area (Å²) in [6.45, 7) is 1.51. The summed E-state index contributed by atoms with van der Waals surface area (Å²) in [7, 11) is 1.59. The summed E-state index contributed by atoms with van der Waals surface area (Å²) >= 11 is 4.92. The van der Waals surface area contributed by atoms with Gasteiger partial charge in [-0.05, 0) is 41.3 Å². The zero-order valence-electron chi connectivity index (χ0n) is 16.0. The van der Waals surface area contributed by atoms with Gasteiger partial charge < -0.3 is 4.74 Å². The standard InChI is InChI=1S/C20H17BrN4O3S/c1-11(26)24-16-7-5-4-6-13(16)17-18(27)22-20(29-3)23-25(17)19(24)14-10-12(28-2)8-9-15(14)21/h4-10,19H,1-3H3/p+1/t19-/m0/s1. The van der Waals surface area contributed by atoms with Gasteiger partial charge in [-0.3, -0.25) is 14.6 Å². The molecule has 1 amide bonds. The minimum absolute atomic E-state index is 0.164. The van der Waals surface area contributed by atoms with Crippen LogP contribution in [0, 0.1) is 0 Å². The Morgan fingerprint density at radius 2 is 2.07 bits per heavy atom. The van der Waals surface area contributed by atoms with Crippen molar-refractivity contribution in [1.29, 1.82) is 0 Å². The second-order valence-electron chi connectivity index (χ2n) is 6.42. The van der Waals surface area contributed by atoms with Crippen LogP contribution in [0.2, 0.25) is 0 Å². The second kappa shape index (κ2) is 7.64. The highest BCUT2D eigenvalue weighted by Crippen LogP contribution is 2.39. The molecule has 1 aromatic heterocycles. The number of methoxy groups -OCH3 is 1. The predicted octanol–water partition coefficient (Wildman–Crippen LogP) is 3.13. The lowest BCUT2D eigenvalue weighted by Gasteiger charge is -2.31. The number of aromatic nitrogens is 3. The van der Waals surface area contributed by atoms with Crippen LogP contribution in [0.5, 0.6) is 5.75 Å². The minimum atomic E-state index is -0.657. The number of halogens is 1. The molecule has 0 fully saturated rings. The summed E-state index contributed by atoms with van der Waals surface area (Å²) in [5, 5.41) is 5.11. The van der Waals surface area contributed by atoms with E-state index in [1.165, 1.54) is 18.7 Å². The molecule has 4 rings (SSSR count). The Morgan fingerprint density at radius 3 is 2.76 bits per heavy atom. The van der Waals surface area contributed by atoms with Gasteiger partial charge >= 0.3 is 11.3 Å². The third-order valence-corrected chi connectivity index (χ3v) is 6.06. The van der Waals surface area contributed by atoms with Crippen LogP contribution >= 0.6 is 27.7 Å². The number of carbonyl (C=O) groups excluding carboxylic acids is 1. The number of aromatic amines is 1. The van der Waals surface area contributed by atoms with Gasteiger partial charge in [0.2, 0.25) is 11.1 Å². The van der Waals surface area contributed by atoms with Gasteiger partial charge in [0.25, 0.3) is 6.17 Å². The number of hydrogen-bond donors (Lipinski definition) is 1. The van der Waals surface area contributed by atoms with Gasteiger partial charge in [-0.2, -0.15) is 0 Å². The first-order chi connectivity index (χ1) is 14.0.